The van der Waals surface area contributed by atoms with Crippen molar-refractivity contribution in [3.05, 3.63) is 102 Å². The molecule has 0 amide bonds. The Morgan fingerprint density at radius 2 is 1.21 bits per heavy atom. The van der Waals surface area contributed by atoms with Crippen LogP contribution in [0.1, 0.15) is 22.3 Å². The van der Waals surface area contributed by atoms with Crippen LogP contribution in [-0.4, -0.2) is 26.3 Å². The van der Waals surface area contributed by atoms with Gasteiger partial charge in [-0.3, -0.25) is 0 Å². The van der Waals surface area contributed by atoms with E-state index in [0.717, 1.165) is 37.6 Å². The van der Waals surface area contributed by atoms with E-state index in [-0.39, 0.29) is 0 Å². The van der Waals surface area contributed by atoms with Crippen LogP contribution >= 0.6 is 0 Å². The van der Waals surface area contributed by atoms with Crippen molar-refractivity contribution in [2.24, 2.45) is 0 Å². The third-order valence-electron chi connectivity index (χ3n) is 5.07. The molecule has 3 aromatic carbocycles. The van der Waals surface area contributed by atoms with Gasteiger partial charge in [0.1, 0.15) is 0 Å². The van der Waals surface area contributed by atoms with Crippen LogP contribution in [0.25, 0.3) is 5.57 Å². The summed E-state index contributed by atoms with van der Waals surface area (Å²) in [5.74, 6) is 0. The van der Waals surface area contributed by atoms with Crippen LogP contribution < -0.4 is 10.6 Å². The molecule has 0 atom stereocenters. The largest absolute Gasteiger partial charge is 0.399 e. The van der Waals surface area contributed by atoms with Crippen molar-refractivity contribution < 1.29 is 4.74 Å². The maximum Gasteiger partial charge on any atom is 0.0642 e. The van der Waals surface area contributed by atoms with E-state index in [2.05, 4.69) is 66.9 Å². The lowest BCUT2D eigenvalue weighted by molar-refractivity contribution is 0.122. The van der Waals surface area contributed by atoms with Crippen LogP contribution in [0.3, 0.4) is 0 Å². The molecule has 0 aromatic heterocycles. The Hall–Kier alpha value is -3.04. The molecule has 0 unspecified atom stereocenters. The third-order valence-corrected chi connectivity index (χ3v) is 5.07. The van der Waals surface area contributed by atoms with Gasteiger partial charge in [-0.25, -0.2) is 0 Å². The van der Waals surface area contributed by atoms with Crippen LogP contribution in [0.15, 0.2) is 79.4 Å². The van der Waals surface area contributed by atoms with Gasteiger partial charge in [0, 0.05) is 24.5 Å². The summed E-state index contributed by atoms with van der Waals surface area (Å²) in [6.45, 7) is 12.0. The fourth-order valence-electron chi connectivity index (χ4n) is 3.18. The van der Waals surface area contributed by atoms with Gasteiger partial charge < -0.3 is 15.4 Å². The molecule has 0 aliphatic carbocycles. The van der Waals surface area contributed by atoms with E-state index in [0.29, 0.717) is 0 Å². The Morgan fingerprint density at radius 1 is 0.759 bits per heavy atom. The monoisotopic (exact) mass is 386 g/mol. The zero-order valence-electron chi connectivity index (χ0n) is 17.4. The van der Waals surface area contributed by atoms with Gasteiger partial charge in [-0.05, 0) is 54.8 Å². The molecule has 4 rings (SSSR count). The van der Waals surface area contributed by atoms with E-state index in [1.807, 2.05) is 31.2 Å². The topological polar surface area (TPSA) is 38.5 Å². The molecule has 3 nitrogen and oxygen atoms in total. The summed E-state index contributed by atoms with van der Waals surface area (Å²) in [6.07, 6.45) is 0. The number of anilines is 2. The van der Waals surface area contributed by atoms with E-state index in [1.54, 1.807) is 0 Å². The van der Waals surface area contributed by atoms with E-state index < -0.39 is 0 Å². The third kappa shape index (κ3) is 5.97. The van der Waals surface area contributed by atoms with E-state index >= 15 is 0 Å². The van der Waals surface area contributed by atoms with Crippen molar-refractivity contribution in [2.75, 3.05) is 36.9 Å². The van der Waals surface area contributed by atoms with Crippen LogP contribution in [0.4, 0.5) is 11.4 Å². The van der Waals surface area contributed by atoms with Gasteiger partial charge in [0.2, 0.25) is 0 Å². The smallest absolute Gasteiger partial charge is 0.0642 e. The molecule has 1 saturated heterocycles. The number of rotatable bonds is 3. The molecule has 0 bridgehead atoms. The minimum absolute atomic E-state index is 0.817. The molecular formula is C26H30N2O. The molecule has 1 aliphatic rings. The SMILES string of the molecule is C=C(c1ccc(C)cc1)c1ccc(N2CCOCC2)cc1.Cc1ccc(N)cc1. The highest BCUT2D eigenvalue weighted by Gasteiger charge is 2.11. The molecule has 3 aromatic rings. The summed E-state index contributed by atoms with van der Waals surface area (Å²) in [5.41, 5.74) is 13.5. The quantitative estimate of drug-likeness (QED) is 0.607. The van der Waals surface area contributed by atoms with Gasteiger partial charge >= 0.3 is 0 Å². The predicted molar refractivity (Wildman–Crippen MR) is 124 cm³/mol. The fraction of sp³-hybridized carbons (Fsp3) is 0.231. The average Bonchev–Trinajstić information content (AvgIpc) is 2.77. The number of morpholine rings is 1. The van der Waals surface area contributed by atoms with Crippen LogP contribution in [0.5, 0.6) is 0 Å². The van der Waals surface area contributed by atoms with Gasteiger partial charge in [0.25, 0.3) is 0 Å². The van der Waals surface area contributed by atoms with Crippen LogP contribution in [0, 0.1) is 13.8 Å². The Labute approximate surface area is 174 Å². The lowest BCUT2D eigenvalue weighted by Gasteiger charge is -2.29. The first-order chi connectivity index (χ1) is 14.0. The van der Waals surface area contributed by atoms with Gasteiger partial charge in [-0.15, -0.1) is 0 Å². The summed E-state index contributed by atoms with van der Waals surface area (Å²) in [4.78, 5) is 2.36. The lowest BCUT2D eigenvalue weighted by Crippen LogP contribution is -2.36. The van der Waals surface area contributed by atoms with Crippen LogP contribution in [-0.2, 0) is 4.74 Å². The first-order valence-electron chi connectivity index (χ1n) is 10.0. The zero-order valence-corrected chi connectivity index (χ0v) is 17.4. The molecule has 3 heteroatoms. The zero-order chi connectivity index (χ0) is 20.6. The molecule has 150 valence electrons. The van der Waals surface area contributed by atoms with Gasteiger partial charge in [-0.1, -0.05) is 66.2 Å². The Bertz CT molecular complexity index is 885. The second-order valence-electron chi connectivity index (χ2n) is 7.40. The number of nitrogens with two attached hydrogens (primary N) is 1. The average molecular weight is 387 g/mol. The number of hydrogen-bond acceptors (Lipinski definition) is 3. The molecule has 2 N–H and O–H groups in total. The standard InChI is InChI=1S/C19H21NO.C7H9N/c1-15-3-5-17(6-4-15)16(2)18-7-9-19(10-8-18)20-11-13-21-14-12-20;1-6-2-4-7(8)5-3-6/h3-10H,2,11-14H2,1H3;2-5H,8H2,1H3. The van der Waals surface area contributed by atoms with Crippen molar-refractivity contribution in [1.29, 1.82) is 0 Å². The molecule has 0 saturated carbocycles. The van der Waals surface area contributed by atoms with E-state index in [9.17, 15) is 0 Å². The minimum Gasteiger partial charge on any atom is -0.399 e. The highest BCUT2D eigenvalue weighted by atomic mass is 16.5. The summed E-state index contributed by atoms with van der Waals surface area (Å²) in [7, 11) is 0. The van der Waals surface area contributed by atoms with Crippen molar-refractivity contribution in [1.82, 2.24) is 0 Å². The van der Waals surface area contributed by atoms with Crippen molar-refractivity contribution >= 4 is 16.9 Å². The molecule has 0 radical (unpaired) electrons. The number of ether oxygens (including phenoxy) is 1. The summed E-state index contributed by atoms with van der Waals surface area (Å²) in [5, 5.41) is 0. The summed E-state index contributed by atoms with van der Waals surface area (Å²) < 4.78 is 5.39. The Balaban J connectivity index is 0.000000252. The van der Waals surface area contributed by atoms with Crippen molar-refractivity contribution in [3.8, 4) is 0 Å². The van der Waals surface area contributed by atoms with E-state index in [4.69, 9.17) is 10.5 Å². The number of nitrogens with zero attached hydrogens (tertiary/aromatic N) is 1. The van der Waals surface area contributed by atoms with E-state index in [1.165, 1.54) is 27.9 Å². The number of benzene rings is 3. The van der Waals surface area contributed by atoms with Gasteiger partial charge in [0.05, 0.1) is 13.2 Å². The Morgan fingerprint density at radius 3 is 1.69 bits per heavy atom. The molecule has 1 aliphatic heterocycles. The molecule has 29 heavy (non-hydrogen) atoms. The first kappa shape index (κ1) is 20.7. The second kappa shape index (κ2) is 9.94. The highest BCUT2D eigenvalue weighted by Crippen LogP contribution is 2.25. The minimum atomic E-state index is 0.817. The van der Waals surface area contributed by atoms with Crippen LogP contribution in [0.2, 0.25) is 0 Å². The summed E-state index contributed by atoms with van der Waals surface area (Å²) >= 11 is 0. The maximum atomic E-state index is 5.43. The van der Waals surface area contributed by atoms with Crippen molar-refractivity contribution in [2.45, 2.75) is 13.8 Å². The maximum absolute atomic E-state index is 5.43. The highest BCUT2D eigenvalue weighted by molar-refractivity contribution is 5.78. The molecule has 1 heterocycles. The number of aryl methyl sites for hydroxylation is 2. The second-order valence-corrected chi connectivity index (χ2v) is 7.40. The van der Waals surface area contributed by atoms with Gasteiger partial charge in [-0.2, -0.15) is 0 Å². The lowest BCUT2D eigenvalue weighted by atomic mass is 9.98. The van der Waals surface area contributed by atoms with Gasteiger partial charge in [0.15, 0.2) is 0 Å². The number of nitrogen functional groups attached to an aromatic ring is 1. The normalized spacial score (nSPS) is 13.4. The molecule has 1 fully saturated rings. The van der Waals surface area contributed by atoms with Crippen molar-refractivity contribution in [3.63, 3.8) is 0 Å². The fourth-order valence-corrected chi connectivity index (χ4v) is 3.18. The Kier molecular flexibility index (Phi) is 7.09. The molecule has 0 spiro atoms. The summed E-state index contributed by atoms with van der Waals surface area (Å²) in [6, 6.07) is 25.0. The predicted octanol–water partition coefficient (Wildman–Crippen LogP) is 5.47. The molecular weight excluding hydrogens is 356 g/mol. The first-order valence-corrected chi connectivity index (χ1v) is 10.0. The number of hydrogen-bond donors (Lipinski definition) is 1.